The number of aromatic nitrogens is 1. The molecule has 0 aliphatic heterocycles. The van der Waals surface area contributed by atoms with E-state index in [4.69, 9.17) is 34.6 Å². The molecule has 61 heavy (non-hydrogen) atoms. The van der Waals surface area contributed by atoms with E-state index in [0.717, 1.165) is 0 Å². The van der Waals surface area contributed by atoms with Crippen molar-refractivity contribution in [3.63, 3.8) is 0 Å². The van der Waals surface area contributed by atoms with Gasteiger partial charge in [0.15, 0.2) is 0 Å². The van der Waals surface area contributed by atoms with Crippen LogP contribution in [-0.2, 0) is 0 Å². The van der Waals surface area contributed by atoms with E-state index >= 15 is 0 Å². The van der Waals surface area contributed by atoms with Gasteiger partial charge in [-0.1, -0.05) is 169 Å². The first-order valence-corrected chi connectivity index (χ1v) is 17.7. The third kappa shape index (κ3) is 5.74. The summed E-state index contributed by atoms with van der Waals surface area (Å²) >= 11 is 0. The predicted octanol–water partition coefficient (Wildman–Crippen LogP) is 16.3. The number of benzene rings is 10. The minimum Gasteiger partial charge on any atom is -0.455 e. The van der Waals surface area contributed by atoms with Crippen molar-refractivity contribution in [1.29, 1.82) is 0 Å². The monoisotopic (exact) mass is 817 g/mol. The zero-order valence-electron chi connectivity index (χ0n) is 68.3. The van der Waals surface area contributed by atoms with Gasteiger partial charge in [0.25, 0.3) is 0 Å². The van der Waals surface area contributed by atoms with E-state index in [-0.39, 0.29) is 4.90 Å². The highest BCUT2D eigenvalue weighted by atomic mass is 16.3. The van der Waals surface area contributed by atoms with E-state index in [1.807, 2.05) is 0 Å². The highest BCUT2D eigenvalue weighted by Gasteiger charge is 2.24. The molecule has 2 heterocycles. The fourth-order valence-electron chi connectivity index (χ4n) is 6.90. The molecule has 3 heteroatoms. The summed E-state index contributed by atoms with van der Waals surface area (Å²) in [7, 11) is 0. The summed E-state index contributed by atoms with van der Waals surface area (Å²) in [5, 5.41) is -4.66. The highest BCUT2D eigenvalue weighted by molar-refractivity contribution is 6.18. The van der Waals surface area contributed by atoms with Crippen molar-refractivity contribution in [1.82, 2.24) is 4.57 Å². The van der Waals surface area contributed by atoms with Crippen LogP contribution in [0.3, 0.4) is 0 Å². The standard InChI is InChI=1S/C58H38N2O/c1-2-15-39(16-3-1)40-29-33-43(34-30-40)59(44-35-31-42(32-36-44)46-24-14-18-41-17-4-5-19-45(41)46)55-38-37-50(58-57(55)51-23-9-13-28-56(51)61-58)49-22-8-12-27-54(49)60-52-25-10-6-20-47(52)48-21-7-11-26-53(48)60/h1-38H/i1D,2D,3D,4D,5D,6D,7D,8D,9D,10D,11D,12D,13D,14D,15D,16D,17D,18D,19D,20D,21D,22D,23D,24D,25D,26D,27D,28D,29D,30D,31D,32D,33D,34D,35D,36D,37D,38D. The largest absolute Gasteiger partial charge is 0.455 e. The molecule has 10 aromatic carbocycles. The van der Waals surface area contributed by atoms with Gasteiger partial charge >= 0.3 is 0 Å². The minimum absolute atomic E-state index is 0.273. The maximum Gasteiger partial charge on any atom is 0.145 e. The van der Waals surface area contributed by atoms with E-state index in [0.29, 0.717) is 4.57 Å². The van der Waals surface area contributed by atoms with Gasteiger partial charge in [0.2, 0.25) is 0 Å². The Balaban J connectivity index is 1.35. The molecule has 0 spiro atoms. The van der Waals surface area contributed by atoms with Gasteiger partial charge in [0, 0.05) is 38.7 Å². The van der Waals surface area contributed by atoms with E-state index in [9.17, 15) is 21.9 Å². The molecule has 0 radical (unpaired) electrons. The third-order valence-electron chi connectivity index (χ3n) is 9.48. The van der Waals surface area contributed by atoms with Gasteiger partial charge in [-0.2, -0.15) is 0 Å². The number of hydrogen-bond acceptors (Lipinski definition) is 2. The van der Waals surface area contributed by atoms with Gasteiger partial charge in [-0.25, -0.2) is 0 Å². The Hall–Kier alpha value is -8.14. The van der Waals surface area contributed by atoms with E-state index in [2.05, 4.69) is 0 Å². The number of nitrogens with zero attached hydrogens (tertiary/aromatic N) is 2. The molecule has 0 aliphatic carbocycles. The summed E-state index contributed by atoms with van der Waals surface area (Å²) in [4.78, 5) is 0.273. The van der Waals surface area contributed by atoms with Crippen LogP contribution in [0.2, 0.25) is 0 Å². The number of anilines is 3. The summed E-state index contributed by atoms with van der Waals surface area (Å²) in [6, 6.07) is -42.8. The molecule has 0 bridgehead atoms. The van der Waals surface area contributed by atoms with Crippen molar-refractivity contribution in [2.24, 2.45) is 0 Å². The predicted molar refractivity (Wildman–Crippen MR) is 257 cm³/mol. The Morgan fingerprint density at radius 3 is 1.66 bits per heavy atom. The average molecular weight is 817 g/mol. The molecule has 12 aromatic rings. The summed E-state index contributed by atoms with van der Waals surface area (Å²) < 4.78 is 356. The average Bonchev–Trinajstić information content (AvgIpc) is 1.65. The first kappa shape index (κ1) is 13.7. The fourth-order valence-corrected chi connectivity index (χ4v) is 6.90. The van der Waals surface area contributed by atoms with Crippen molar-refractivity contribution < 1.29 is 56.5 Å². The summed E-state index contributed by atoms with van der Waals surface area (Å²) in [6.07, 6.45) is 0. The Bertz CT molecular complexity index is 5680. The molecule has 0 saturated heterocycles. The maximum atomic E-state index is 10.4. The Labute approximate surface area is 407 Å². The summed E-state index contributed by atoms with van der Waals surface area (Å²) in [5.74, 6) is 0. The zero-order valence-corrected chi connectivity index (χ0v) is 30.3. The lowest BCUT2D eigenvalue weighted by atomic mass is 9.97. The van der Waals surface area contributed by atoms with Crippen molar-refractivity contribution in [3.8, 4) is 39.1 Å². The molecule has 0 N–H and O–H groups in total. The van der Waals surface area contributed by atoms with Crippen LogP contribution in [0.5, 0.6) is 0 Å². The number of rotatable bonds is 7. The Morgan fingerprint density at radius 1 is 0.377 bits per heavy atom. The highest BCUT2D eigenvalue weighted by Crippen LogP contribution is 2.48. The second-order valence-corrected chi connectivity index (χ2v) is 12.8. The Morgan fingerprint density at radius 2 is 0.918 bits per heavy atom. The second-order valence-electron chi connectivity index (χ2n) is 12.8. The van der Waals surface area contributed by atoms with Gasteiger partial charge in [-0.05, 0) is 93.5 Å². The molecule has 0 unspecified atom stereocenters. The molecule has 0 aliphatic rings. The first-order valence-electron chi connectivity index (χ1n) is 36.7. The van der Waals surface area contributed by atoms with Gasteiger partial charge in [0.1, 0.15) is 11.2 Å². The third-order valence-corrected chi connectivity index (χ3v) is 9.48. The topological polar surface area (TPSA) is 21.3 Å². The van der Waals surface area contributed by atoms with Gasteiger partial charge in [-0.3, -0.25) is 0 Å². The minimum atomic E-state index is -1.45. The molecular weight excluding hydrogens is 741 g/mol. The molecule has 12 rings (SSSR count). The zero-order chi connectivity index (χ0) is 73.3. The maximum absolute atomic E-state index is 10.4. The van der Waals surface area contributed by atoms with E-state index < -0.39 is 340 Å². The molecule has 3 nitrogen and oxygen atoms in total. The van der Waals surface area contributed by atoms with Crippen LogP contribution in [0.15, 0.2) is 234 Å². The van der Waals surface area contributed by atoms with Crippen molar-refractivity contribution >= 4 is 71.6 Å². The smallest absolute Gasteiger partial charge is 0.145 e. The lowest BCUT2D eigenvalue weighted by molar-refractivity contribution is 0.670. The van der Waals surface area contributed by atoms with Crippen molar-refractivity contribution in [2.45, 2.75) is 0 Å². The molecule has 0 fully saturated rings. The fraction of sp³-hybridized carbons (Fsp3) is 0. The number of fused-ring (bicyclic) bond motifs is 7. The number of para-hydroxylation sites is 4. The van der Waals surface area contributed by atoms with Crippen LogP contribution in [-0.4, -0.2) is 4.57 Å². The van der Waals surface area contributed by atoms with Crippen LogP contribution >= 0.6 is 0 Å². The van der Waals surface area contributed by atoms with Crippen LogP contribution in [0.1, 0.15) is 52.1 Å². The molecule has 2 aromatic heterocycles. The molecule has 286 valence electrons. The lowest BCUT2D eigenvalue weighted by Crippen LogP contribution is -2.10. The second kappa shape index (κ2) is 14.3. The molecular formula is C58H38N2O. The number of hydrogen-bond donors (Lipinski definition) is 0. The first-order chi connectivity index (χ1) is 46.1. The van der Waals surface area contributed by atoms with Crippen LogP contribution in [0.25, 0.3) is 93.6 Å². The van der Waals surface area contributed by atoms with Crippen LogP contribution < -0.4 is 4.90 Å². The van der Waals surface area contributed by atoms with Crippen LogP contribution in [0, 0.1) is 0 Å². The summed E-state index contributed by atoms with van der Waals surface area (Å²) in [5.41, 5.74) is -14.4. The van der Waals surface area contributed by atoms with Crippen molar-refractivity contribution in [3.05, 3.63) is 230 Å². The van der Waals surface area contributed by atoms with E-state index in [1.165, 1.54) is 0 Å². The summed E-state index contributed by atoms with van der Waals surface area (Å²) in [6.45, 7) is 0. The van der Waals surface area contributed by atoms with Gasteiger partial charge in [0.05, 0.1) is 79.9 Å². The van der Waals surface area contributed by atoms with E-state index in [1.54, 1.807) is 0 Å². The molecule has 0 atom stereocenters. The molecule has 0 amide bonds. The van der Waals surface area contributed by atoms with Gasteiger partial charge in [-0.15, -0.1) is 0 Å². The normalized spacial score (nSPS) is 20.3. The lowest BCUT2D eigenvalue weighted by Gasteiger charge is -2.27. The van der Waals surface area contributed by atoms with Crippen LogP contribution in [0.4, 0.5) is 17.1 Å². The SMILES string of the molecule is [2H]c1c([2H])c([2H])c(-c2c([2H])c([2H])c(N(c3c([2H])c([2H])c(-c4c([2H])c([2H])c([2H])c5c([2H])c([2H])c([2H])c([2H])c45)c([2H])c3[2H])c3c([2H])c([2H])c(-c4c([2H])c([2H])c([2H])c([2H])c4-n4c5c([2H])c([2H])c([2H])c([2H])c5c5c([2H])c([2H])c([2H])c([2H])c54)c4oc5c([2H])c([2H])c([2H])c([2H])c5c34)c([2H])c2[2H])c([2H])c1[2H]. The Kier molecular flexibility index (Phi) is 3.21. The molecule has 0 saturated carbocycles. The number of furan rings is 1. The van der Waals surface area contributed by atoms with Gasteiger partial charge < -0.3 is 13.9 Å². The quantitative estimate of drug-likeness (QED) is 0.160. The van der Waals surface area contributed by atoms with Crippen molar-refractivity contribution in [2.75, 3.05) is 4.90 Å².